The van der Waals surface area contributed by atoms with Crippen molar-refractivity contribution in [1.29, 1.82) is 0 Å². The zero-order valence-corrected chi connectivity index (χ0v) is 11.0. The van der Waals surface area contributed by atoms with Crippen molar-refractivity contribution < 1.29 is 27.4 Å². The SMILES string of the molecule is CC(C(=O)O)c1ccc(S(=O)(=O)C2COC2)c(F)c1. The molecule has 1 heterocycles. The summed E-state index contributed by atoms with van der Waals surface area (Å²) in [6.07, 6.45) is 0. The number of sulfone groups is 1. The van der Waals surface area contributed by atoms with Gasteiger partial charge in [-0.25, -0.2) is 12.8 Å². The number of hydrogen-bond donors (Lipinski definition) is 1. The summed E-state index contributed by atoms with van der Waals surface area (Å²) >= 11 is 0. The maximum Gasteiger partial charge on any atom is 0.310 e. The van der Waals surface area contributed by atoms with Gasteiger partial charge in [0, 0.05) is 0 Å². The first-order valence-corrected chi connectivity index (χ1v) is 7.22. The molecule has 7 heteroatoms. The summed E-state index contributed by atoms with van der Waals surface area (Å²) < 4.78 is 42.7. The molecule has 104 valence electrons. The van der Waals surface area contributed by atoms with E-state index < -0.39 is 37.7 Å². The van der Waals surface area contributed by atoms with Crippen LogP contribution in [0, 0.1) is 5.82 Å². The second-order valence-electron chi connectivity index (χ2n) is 4.45. The standard InChI is InChI=1S/C12H13FO5S/c1-7(12(14)15)8-2-3-11(10(13)4-8)19(16,17)9-5-18-6-9/h2-4,7,9H,5-6H2,1H3,(H,14,15). The molecule has 1 N–H and O–H groups in total. The molecule has 0 bridgehead atoms. The first-order chi connectivity index (χ1) is 8.84. The number of halogens is 1. The first kappa shape index (κ1) is 14.0. The first-order valence-electron chi connectivity index (χ1n) is 5.68. The molecule has 1 aliphatic rings. The van der Waals surface area contributed by atoms with E-state index in [4.69, 9.17) is 9.84 Å². The molecule has 1 atom stereocenters. The van der Waals surface area contributed by atoms with E-state index in [9.17, 15) is 17.6 Å². The van der Waals surface area contributed by atoms with Crippen LogP contribution in [0.1, 0.15) is 18.4 Å². The summed E-state index contributed by atoms with van der Waals surface area (Å²) in [5.74, 6) is -2.90. The number of carboxylic acid groups (broad SMARTS) is 1. The normalized spacial score (nSPS) is 17.8. The minimum atomic E-state index is -3.74. The number of ether oxygens (including phenoxy) is 1. The third kappa shape index (κ3) is 2.48. The van der Waals surface area contributed by atoms with E-state index in [-0.39, 0.29) is 18.8 Å². The van der Waals surface area contributed by atoms with Crippen molar-refractivity contribution in [3.8, 4) is 0 Å². The molecule has 5 nitrogen and oxygen atoms in total. The van der Waals surface area contributed by atoms with Crippen molar-refractivity contribution in [3.63, 3.8) is 0 Å². The molecule has 2 rings (SSSR count). The second-order valence-corrected chi connectivity index (χ2v) is 6.65. The monoisotopic (exact) mass is 288 g/mol. The van der Waals surface area contributed by atoms with Crippen LogP contribution in [0.4, 0.5) is 4.39 Å². The second kappa shape index (κ2) is 4.90. The number of aliphatic carboxylic acids is 1. The fraction of sp³-hybridized carbons (Fsp3) is 0.417. The molecule has 1 unspecified atom stereocenters. The lowest BCUT2D eigenvalue weighted by atomic mass is 10.0. The van der Waals surface area contributed by atoms with Crippen molar-refractivity contribution >= 4 is 15.8 Å². The van der Waals surface area contributed by atoms with Gasteiger partial charge in [-0.3, -0.25) is 4.79 Å². The Kier molecular flexibility index (Phi) is 3.60. The van der Waals surface area contributed by atoms with Crippen molar-refractivity contribution in [2.24, 2.45) is 0 Å². The largest absolute Gasteiger partial charge is 0.481 e. The molecular weight excluding hydrogens is 275 g/mol. The van der Waals surface area contributed by atoms with Crippen molar-refractivity contribution in [2.75, 3.05) is 13.2 Å². The van der Waals surface area contributed by atoms with Crippen LogP contribution in [0.15, 0.2) is 23.1 Å². The van der Waals surface area contributed by atoms with Crippen LogP contribution in [-0.2, 0) is 19.4 Å². The number of benzene rings is 1. The van der Waals surface area contributed by atoms with E-state index in [0.29, 0.717) is 0 Å². The maximum atomic E-state index is 13.9. The molecule has 0 amide bonds. The Balaban J connectivity index is 2.37. The Bertz CT molecular complexity index is 607. The van der Waals surface area contributed by atoms with Crippen LogP contribution < -0.4 is 0 Å². The van der Waals surface area contributed by atoms with Crippen molar-refractivity contribution in [1.82, 2.24) is 0 Å². The zero-order chi connectivity index (χ0) is 14.2. The Morgan fingerprint density at radius 3 is 2.53 bits per heavy atom. The third-order valence-corrected chi connectivity index (χ3v) is 5.27. The fourth-order valence-electron chi connectivity index (χ4n) is 1.73. The number of rotatable bonds is 4. The van der Waals surface area contributed by atoms with Gasteiger partial charge in [-0.15, -0.1) is 0 Å². The van der Waals surface area contributed by atoms with Gasteiger partial charge in [-0.2, -0.15) is 0 Å². The summed E-state index contributed by atoms with van der Waals surface area (Å²) in [5, 5.41) is 8.12. The smallest absolute Gasteiger partial charge is 0.310 e. The van der Waals surface area contributed by atoms with Crippen molar-refractivity contribution in [2.45, 2.75) is 23.0 Å². The molecule has 0 aliphatic carbocycles. The minimum absolute atomic E-state index is 0.0645. The number of carbonyl (C=O) groups is 1. The lowest BCUT2D eigenvalue weighted by Crippen LogP contribution is -2.40. The van der Waals surface area contributed by atoms with E-state index in [2.05, 4.69) is 0 Å². The van der Waals surface area contributed by atoms with Gasteiger partial charge in [-0.05, 0) is 24.6 Å². The molecule has 1 saturated heterocycles. The van der Waals surface area contributed by atoms with Crippen LogP contribution >= 0.6 is 0 Å². The quantitative estimate of drug-likeness (QED) is 0.900. The lowest BCUT2D eigenvalue weighted by Gasteiger charge is -2.26. The van der Waals surface area contributed by atoms with Crippen LogP contribution in [0.2, 0.25) is 0 Å². The Hall–Kier alpha value is -1.47. The summed E-state index contributed by atoms with van der Waals surface area (Å²) in [5.41, 5.74) is 0.230. The molecule has 1 aromatic rings. The predicted molar refractivity (Wildman–Crippen MR) is 64.2 cm³/mol. The van der Waals surface area contributed by atoms with E-state index in [0.717, 1.165) is 12.1 Å². The highest BCUT2D eigenvalue weighted by atomic mass is 32.2. The Labute approximate surface area is 109 Å². The minimum Gasteiger partial charge on any atom is -0.481 e. The average molecular weight is 288 g/mol. The molecule has 0 aromatic heterocycles. The van der Waals surface area contributed by atoms with Gasteiger partial charge >= 0.3 is 5.97 Å². The Morgan fingerprint density at radius 1 is 1.47 bits per heavy atom. The molecule has 0 radical (unpaired) electrons. The highest BCUT2D eigenvalue weighted by Gasteiger charge is 2.35. The van der Waals surface area contributed by atoms with Crippen LogP contribution in [0.25, 0.3) is 0 Å². The van der Waals surface area contributed by atoms with E-state index in [1.54, 1.807) is 0 Å². The maximum absolute atomic E-state index is 13.9. The molecule has 0 spiro atoms. The van der Waals surface area contributed by atoms with Gasteiger partial charge in [0.15, 0.2) is 9.84 Å². The van der Waals surface area contributed by atoms with Gasteiger partial charge in [0.25, 0.3) is 0 Å². The summed E-state index contributed by atoms with van der Waals surface area (Å²) in [4.78, 5) is 10.4. The molecule has 1 aromatic carbocycles. The van der Waals surface area contributed by atoms with Gasteiger partial charge in [0.2, 0.25) is 0 Å². The van der Waals surface area contributed by atoms with Crippen LogP contribution in [0.5, 0.6) is 0 Å². The van der Waals surface area contributed by atoms with E-state index >= 15 is 0 Å². The highest BCUT2D eigenvalue weighted by molar-refractivity contribution is 7.92. The fourth-order valence-corrected chi connectivity index (χ4v) is 3.23. The molecule has 19 heavy (non-hydrogen) atoms. The molecule has 1 fully saturated rings. The van der Waals surface area contributed by atoms with Crippen LogP contribution in [0.3, 0.4) is 0 Å². The van der Waals surface area contributed by atoms with Crippen LogP contribution in [-0.4, -0.2) is 38.0 Å². The third-order valence-electron chi connectivity index (χ3n) is 3.18. The van der Waals surface area contributed by atoms with E-state index in [1.165, 1.54) is 13.0 Å². The zero-order valence-electron chi connectivity index (χ0n) is 10.2. The number of carboxylic acids is 1. The van der Waals surface area contributed by atoms with Gasteiger partial charge < -0.3 is 9.84 Å². The summed E-state index contributed by atoms with van der Waals surface area (Å²) in [6, 6.07) is 3.41. The van der Waals surface area contributed by atoms with Gasteiger partial charge in [0.1, 0.15) is 16.0 Å². The van der Waals surface area contributed by atoms with Gasteiger partial charge in [-0.1, -0.05) is 6.07 Å². The summed E-state index contributed by atoms with van der Waals surface area (Å²) in [6.45, 7) is 1.54. The predicted octanol–water partition coefficient (Wildman–Crippen LogP) is 1.19. The van der Waals surface area contributed by atoms with Crippen molar-refractivity contribution in [3.05, 3.63) is 29.6 Å². The topological polar surface area (TPSA) is 80.7 Å². The summed E-state index contributed by atoms with van der Waals surface area (Å²) in [7, 11) is -3.74. The molecular formula is C12H13FO5S. The van der Waals surface area contributed by atoms with Gasteiger partial charge in [0.05, 0.1) is 19.1 Å². The average Bonchev–Trinajstić information content (AvgIpc) is 2.24. The lowest BCUT2D eigenvalue weighted by molar-refractivity contribution is -0.138. The Morgan fingerprint density at radius 2 is 2.11 bits per heavy atom. The highest BCUT2D eigenvalue weighted by Crippen LogP contribution is 2.26. The molecule has 1 aliphatic heterocycles. The number of hydrogen-bond acceptors (Lipinski definition) is 4. The molecule has 0 saturated carbocycles. The van der Waals surface area contributed by atoms with E-state index in [1.807, 2.05) is 0 Å².